The maximum absolute atomic E-state index is 5.48. The van der Waals surface area contributed by atoms with Gasteiger partial charge in [-0.3, -0.25) is 0 Å². The van der Waals surface area contributed by atoms with Crippen molar-refractivity contribution in [2.45, 2.75) is 47.2 Å². The number of nitrogens with one attached hydrogen (secondary N) is 1. The van der Waals surface area contributed by atoms with E-state index in [2.05, 4.69) is 43.0 Å². The second-order valence-electron chi connectivity index (χ2n) is 5.62. The van der Waals surface area contributed by atoms with Gasteiger partial charge in [-0.1, -0.05) is 27.7 Å². The van der Waals surface area contributed by atoms with Crippen molar-refractivity contribution in [1.82, 2.24) is 15.3 Å². The molecule has 0 saturated heterocycles. The maximum atomic E-state index is 5.48. The summed E-state index contributed by atoms with van der Waals surface area (Å²) in [6, 6.07) is 0.868. The van der Waals surface area contributed by atoms with Crippen molar-refractivity contribution in [3.05, 3.63) is 17.5 Å². The molecule has 0 spiro atoms. The van der Waals surface area contributed by atoms with Gasteiger partial charge in [0.25, 0.3) is 0 Å². The molecule has 1 aromatic heterocycles. The standard InChI is InChI=1S/C15H27N3O2/c1-11(2)10-19-6-7-20-15-17-9-14(13(5)18-15)8-16-12(3)4/h9,11-12,16H,6-8,10H2,1-5H3. The molecule has 5 nitrogen and oxygen atoms in total. The molecule has 0 unspecified atom stereocenters. The molecule has 1 rings (SSSR count). The van der Waals surface area contributed by atoms with E-state index in [4.69, 9.17) is 9.47 Å². The zero-order valence-electron chi connectivity index (χ0n) is 13.3. The van der Waals surface area contributed by atoms with Crippen molar-refractivity contribution in [3.63, 3.8) is 0 Å². The molecule has 0 aliphatic rings. The number of ether oxygens (including phenoxy) is 2. The summed E-state index contributed by atoms with van der Waals surface area (Å²) in [6.07, 6.45) is 1.82. The molecule has 114 valence electrons. The first-order valence-corrected chi connectivity index (χ1v) is 7.25. The van der Waals surface area contributed by atoms with E-state index in [1.807, 2.05) is 13.1 Å². The van der Waals surface area contributed by atoms with Gasteiger partial charge in [0.15, 0.2) is 0 Å². The van der Waals surface area contributed by atoms with Gasteiger partial charge in [-0.25, -0.2) is 9.97 Å². The van der Waals surface area contributed by atoms with Crippen LogP contribution in [0.5, 0.6) is 6.01 Å². The highest BCUT2D eigenvalue weighted by atomic mass is 16.5. The summed E-state index contributed by atoms with van der Waals surface area (Å²) in [5.41, 5.74) is 2.05. The molecule has 1 N–H and O–H groups in total. The first-order valence-electron chi connectivity index (χ1n) is 7.25. The maximum Gasteiger partial charge on any atom is 0.316 e. The van der Waals surface area contributed by atoms with Gasteiger partial charge in [0.2, 0.25) is 0 Å². The van der Waals surface area contributed by atoms with Crippen LogP contribution in [0.1, 0.15) is 39.0 Å². The van der Waals surface area contributed by atoms with Crippen LogP contribution in [-0.4, -0.2) is 35.8 Å². The van der Waals surface area contributed by atoms with Gasteiger partial charge in [0.05, 0.1) is 6.61 Å². The van der Waals surface area contributed by atoms with Gasteiger partial charge in [0.1, 0.15) is 6.61 Å². The smallest absolute Gasteiger partial charge is 0.316 e. The first kappa shape index (κ1) is 16.9. The third kappa shape index (κ3) is 6.82. The average molecular weight is 281 g/mol. The topological polar surface area (TPSA) is 56.3 Å². The van der Waals surface area contributed by atoms with E-state index in [0.717, 1.165) is 24.4 Å². The van der Waals surface area contributed by atoms with E-state index in [0.29, 0.717) is 31.2 Å². The van der Waals surface area contributed by atoms with E-state index < -0.39 is 0 Å². The van der Waals surface area contributed by atoms with Crippen molar-refractivity contribution in [2.24, 2.45) is 5.92 Å². The van der Waals surface area contributed by atoms with Crippen LogP contribution in [0.25, 0.3) is 0 Å². The van der Waals surface area contributed by atoms with Crippen LogP contribution in [0.4, 0.5) is 0 Å². The quantitative estimate of drug-likeness (QED) is 0.704. The number of hydrogen-bond acceptors (Lipinski definition) is 5. The number of aryl methyl sites for hydroxylation is 1. The first-order chi connectivity index (χ1) is 9.49. The molecule has 20 heavy (non-hydrogen) atoms. The summed E-state index contributed by atoms with van der Waals surface area (Å²) in [7, 11) is 0. The molecule has 0 radical (unpaired) electrons. The summed E-state index contributed by atoms with van der Waals surface area (Å²) in [5.74, 6) is 0.543. The molecule has 5 heteroatoms. The third-order valence-electron chi connectivity index (χ3n) is 2.67. The minimum atomic E-state index is 0.420. The predicted octanol–water partition coefficient (Wildman–Crippen LogP) is 2.33. The van der Waals surface area contributed by atoms with Gasteiger partial charge in [0, 0.05) is 36.6 Å². The molecule has 0 aliphatic heterocycles. The molecule has 1 aromatic rings. The Bertz CT molecular complexity index is 395. The molecule has 0 amide bonds. The summed E-state index contributed by atoms with van der Waals surface area (Å²) >= 11 is 0. The zero-order chi connectivity index (χ0) is 15.0. The number of nitrogens with zero attached hydrogens (tertiary/aromatic N) is 2. The highest BCUT2D eigenvalue weighted by molar-refractivity contribution is 5.17. The molecule has 0 atom stereocenters. The minimum Gasteiger partial charge on any atom is -0.461 e. The van der Waals surface area contributed by atoms with Crippen molar-refractivity contribution in [2.75, 3.05) is 19.8 Å². The third-order valence-corrected chi connectivity index (χ3v) is 2.67. The lowest BCUT2D eigenvalue weighted by molar-refractivity contribution is 0.0791. The van der Waals surface area contributed by atoms with Crippen molar-refractivity contribution in [1.29, 1.82) is 0 Å². The molecular weight excluding hydrogens is 254 g/mol. The van der Waals surface area contributed by atoms with Gasteiger partial charge in [-0.15, -0.1) is 0 Å². The van der Waals surface area contributed by atoms with Crippen LogP contribution >= 0.6 is 0 Å². The van der Waals surface area contributed by atoms with Gasteiger partial charge in [-0.05, 0) is 12.8 Å². The summed E-state index contributed by atoms with van der Waals surface area (Å²) in [4.78, 5) is 8.58. The van der Waals surface area contributed by atoms with Crippen molar-refractivity contribution < 1.29 is 9.47 Å². The van der Waals surface area contributed by atoms with E-state index >= 15 is 0 Å². The molecule has 0 aliphatic carbocycles. The Balaban J connectivity index is 2.35. The molecule has 0 aromatic carbocycles. The van der Waals surface area contributed by atoms with Gasteiger partial charge >= 0.3 is 6.01 Å². The van der Waals surface area contributed by atoms with E-state index in [1.54, 1.807) is 0 Å². The Hall–Kier alpha value is -1.20. The number of rotatable bonds is 9. The molecule has 0 fully saturated rings. The summed E-state index contributed by atoms with van der Waals surface area (Å²) in [5, 5.41) is 3.35. The fourth-order valence-electron chi connectivity index (χ4n) is 1.54. The zero-order valence-corrected chi connectivity index (χ0v) is 13.3. The van der Waals surface area contributed by atoms with Crippen molar-refractivity contribution >= 4 is 0 Å². The Morgan fingerprint density at radius 1 is 1.20 bits per heavy atom. The van der Waals surface area contributed by atoms with Crippen LogP contribution in [0.3, 0.4) is 0 Å². The van der Waals surface area contributed by atoms with Gasteiger partial charge in [-0.2, -0.15) is 0 Å². The van der Waals surface area contributed by atoms with E-state index in [9.17, 15) is 0 Å². The lowest BCUT2D eigenvalue weighted by atomic mass is 10.2. The highest BCUT2D eigenvalue weighted by Gasteiger charge is 2.05. The monoisotopic (exact) mass is 281 g/mol. The lowest BCUT2D eigenvalue weighted by Gasteiger charge is -2.11. The number of hydrogen-bond donors (Lipinski definition) is 1. The normalized spacial score (nSPS) is 11.3. The largest absolute Gasteiger partial charge is 0.461 e. The second-order valence-corrected chi connectivity index (χ2v) is 5.62. The summed E-state index contributed by atoms with van der Waals surface area (Å²) in [6.45, 7) is 13.0. The summed E-state index contributed by atoms with van der Waals surface area (Å²) < 4.78 is 10.9. The highest BCUT2D eigenvalue weighted by Crippen LogP contribution is 2.08. The minimum absolute atomic E-state index is 0.420. The number of aromatic nitrogens is 2. The Kier molecular flexibility index (Phi) is 7.47. The molecule has 0 saturated carbocycles. The fraction of sp³-hybridized carbons (Fsp3) is 0.733. The predicted molar refractivity (Wildman–Crippen MR) is 79.9 cm³/mol. The average Bonchev–Trinajstić information content (AvgIpc) is 2.36. The fourth-order valence-corrected chi connectivity index (χ4v) is 1.54. The van der Waals surface area contributed by atoms with Crippen LogP contribution in [0.2, 0.25) is 0 Å². The van der Waals surface area contributed by atoms with E-state index in [-0.39, 0.29) is 0 Å². The van der Waals surface area contributed by atoms with Crippen LogP contribution in [0.15, 0.2) is 6.20 Å². The molecule has 1 heterocycles. The Morgan fingerprint density at radius 3 is 2.55 bits per heavy atom. The second kappa shape index (κ2) is 8.87. The molecular formula is C15H27N3O2. The SMILES string of the molecule is Cc1nc(OCCOCC(C)C)ncc1CNC(C)C. The Morgan fingerprint density at radius 2 is 1.95 bits per heavy atom. The lowest BCUT2D eigenvalue weighted by Crippen LogP contribution is -2.22. The van der Waals surface area contributed by atoms with Gasteiger partial charge < -0.3 is 14.8 Å². The van der Waals surface area contributed by atoms with Crippen LogP contribution in [-0.2, 0) is 11.3 Å². The Labute approximate surface area is 122 Å². The van der Waals surface area contributed by atoms with E-state index in [1.165, 1.54) is 0 Å². The van der Waals surface area contributed by atoms with Crippen LogP contribution in [0, 0.1) is 12.8 Å². The van der Waals surface area contributed by atoms with Crippen molar-refractivity contribution in [3.8, 4) is 6.01 Å². The molecule has 0 bridgehead atoms. The van der Waals surface area contributed by atoms with Crippen LogP contribution < -0.4 is 10.1 Å².